The van der Waals surface area contributed by atoms with E-state index in [-0.39, 0.29) is 11.4 Å². The Hall–Kier alpha value is -3.68. The maximum Gasteiger partial charge on any atom is 0.340 e. The minimum Gasteiger partial charge on any atom is -0.480 e. The van der Waals surface area contributed by atoms with Crippen molar-refractivity contribution in [1.82, 2.24) is 0 Å². The fourth-order valence-electron chi connectivity index (χ4n) is 2.64. The van der Waals surface area contributed by atoms with Crippen LogP contribution in [0.2, 0.25) is 0 Å². The number of para-hydroxylation sites is 1. The van der Waals surface area contributed by atoms with Gasteiger partial charge in [0, 0.05) is 11.4 Å². The van der Waals surface area contributed by atoms with Gasteiger partial charge in [0.05, 0.1) is 0 Å². The normalized spacial score (nSPS) is 10.8. The Bertz CT molecular complexity index is 939. The summed E-state index contributed by atoms with van der Waals surface area (Å²) in [6.45, 7) is 5.32. The molecule has 8 heteroatoms. The largest absolute Gasteiger partial charge is 0.480 e. The second-order valence-electron chi connectivity index (χ2n) is 6.39. The molecule has 2 rings (SSSR count). The molecule has 0 aliphatic carbocycles. The molecule has 0 aromatic heterocycles. The summed E-state index contributed by atoms with van der Waals surface area (Å²) in [5.41, 5.74) is -0.612. The maximum absolute atomic E-state index is 12.8. The van der Waals surface area contributed by atoms with Crippen LogP contribution < -0.4 is 10.6 Å². The minimum atomic E-state index is -3.36. The third kappa shape index (κ3) is 3.71. The molecule has 0 aliphatic heterocycles. The quantitative estimate of drug-likeness (QED) is 0.565. The van der Waals surface area contributed by atoms with Crippen LogP contribution in [0.15, 0.2) is 42.5 Å². The zero-order chi connectivity index (χ0) is 21.1. The van der Waals surface area contributed by atoms with Crippen molar-refractivity contribution in [2.24, 2.45) is 5.41 Å². The molecule has 4 N–H and O–H groups in total. The number of carboxylic acids is 2. The van der Waals surface area contributed by atoms with Gasteiger partial charge >= 0.3 is 17.4 Å². The minimum absolute atomic E-state index is 0.162. The summed E-state index contributed by atoms with van der Waals surface area (Å²) in [6, 6.07) is 11.0. The van der Waals surface area contributed by atoms with Crippen molar-refractivity contribution in [3.63, 3.8) is 0 Å². The molecule has 0 atom stereocenters. The smallest absolute Gasteiger partial charge is 0.340 e. The number of carbonyl (C=O) groups excluding carboxylic acids is 2. The Balaban J connectivity index is 2.46. The van der Waals surface area contributed by atoms with Crippen LogP contribution in [0, 0.1) is 26.2 Å². The third-order valence-electron chi connectivity index (χ3n) is 4.44. The molecular weight excluding hydrogens is 364 g/mol. The number of hydrogen-bond acceptors (Lipinski definition) is 4. The van der Waals surface area contributed by atoms with E-state index in [1.54, 1.807) is 44.2 Å². The SMILES string of the molecule is Cc1cc(C)c(NC(=O)C(C(=O)O)(C(=O)O)C(=O)Nc2ccccc2)cc1C. The number of carbonyl (C=O) groups is 4. The van der Waals surface area contributed by atoms with Gasteiger partial charge in [-0.25, -0.2) is 9.59 Å². The van der Waals surface area contributed by atoms with E-state index in [9.17, 15) is 29.4 Å². The summed E-state index contributed by atoms with van der Waals surface area (Å²) in [6.07, 6.45) is 0. The molecular formula is C20H20N2O6. The number of hydrogen-bond donors (Lipinski definition) is 4. The topological polar surface area (TPSA) is 133 Å². The predicted octanol–water partition coefficient (Wildman–Crippen LogP) is 2.34. The van der Waals surface area contributed by atoms with Crippen LogP contribution in [-0.4, -0.2) is 34.0 Å². The van der Waals surface area contributed by atoms with Crippen molar-refractivity contribution in [3.05, 3.63) is 59.2 Å². The van der Waals surface area contributed by atoms with E-state index >= 15 is 0 Å². The first-order chi connectivity index (χ1) is 13.1. The highest BCUT2D eigenvalue weighted by molar-refractivity contribution is 6.38. The van der Waals surface area contributed by atoms with E-state index in [2.05, 4.69) is 10.6 Å². The molecule has 0 bridgehead atoms. The van der Waals surface area contributed by atoms with Crippen molar-refractivity contribution in [3.8, 4) is 0 Å². The van der Waals surface area contributed by atoms with E-state index in [0.29, 0.717) is 5.56 Å². The van der Waals surface area contributed by atoms with Gasteiger partial charge in [0.25, 0.3) is 11.8 Å². The van der Waals surface area contributed by atoms with E-state index in [0.717, 1.165) is 11.1 Å². The summed E-state index contributed by atoms with van der Waals surface area (Å²) in [5.74, 6) is -7.12. The van der Waals surface area contributed by atoms with Gasteiger partial charge in [-0.1, -0.05) is 24.3 Å². The lowest BCUT2D eigenvalue weighted by Crippen LogP contribution is -2.57. The molecule has 0 aliphatic rings. The number of carboxylic acid groups (broad SMARTS) is 2. The fraction of sp³-hybridized carbons (Fsp3) is 0.200. The molecule has 2 amide bonds. The van der Waals surface area contributed by atoms with Gasteiger partial charge in [-0.2, -0.15) is 0 Å². The summed E-state index contributed by atoms with van der Waals surface area (Å²) in [5, 5.41) is 23.6. The first-order valence-electron chi connectivity index (χ1n) is 8.33. The molecule has 2 aromatic carbocycles. The standard InChI is InChI=1S/C20H20N2O6/c1-11-9-13(3)15(10-12(11)2)22-17(24)20(18(25)26,19(27)28)16(23)21-14-7-5-4-6-8-14/h4-10H,1-3H3,(H,21,23)(H,22,24)(H,25,26)(H,27,28). The summed E-state index contributed by atoms with van der Waals surface area (Å²) in [4.78, 5) is 49.0. The maximum atomic E-state index is 12.8. The van der Waals surface area contributed by atoms with Crippen LogP contribution in [0.5, 0.6) is 0 Å². The number of rotatable bonds is 6. The number of nitrogens with one attached hydrogen (secondary N) is 2. The number of aliphatic carboxylic acids is 2. The molecule has 2 aromatic rings. The Morgan fingerprint density at radius 1 is 0.750 bits per heavy atom. The highest BCUT2D eigenvalue weighted by Gasteiger charge is 2.61. The first-order valence-corrected chi connectivity index (χ1v) is 8.33. The molecule has 0 saturated heterocycles. The monoisotopic (exact) mass is 384 g/mol. The summed E-state index contributed by atoms with van der Waals surface area (Å²) >= 11 is 0. The second kappa shape index (κ2) is 7.91. The molecule has 8 nitrogen and oxygen atoms in total. The first kappa shape index (κ1) is 20.6. The van der Waals surface area contributed by atoms with Gasteiger partial charge in [-0.05, 0) is 55.7 Å². The molecule has 0 fully saturated rings. The Labute approximate surface area is 161 Å². The van der Waals surface area contributed by atoms with Crippen molar-refractivity contribution in [2.45, 2.75) is 20.8 Å². The highest BCUT2D eigenvalue weighted by atomic mass is 16.4. The van der Waals surface area contributed by atoms with Crippen LogP contribution in [-0.2, 0) is 19.2 Å². The number of anilines is 2. The van der Waals surface area contributed by atoms with Gasteiger partial charge < -0.3 is 20.8 Å². The van der Waals surface area contributed by atoms with Crippen molar-refractivity contribution < 1.29 is 29.4 Å². The van der Waals surface area contributed by atoms with E-state index in [1.807, 2.05) is 6.92 Å². The summed E-state index contributed by atoms with van der Waals surface area (Å²) < 4.78 is 0. The van der Waals surface area contributed by atoms with Crippen LogP contribution in [0.3, 0.4) is 0 Å². The van der Waals surface area contributed by atoms with Crippen molar-refractivity contribution in [2.75, 3.05) is 10.6 Å². The molecule has 28 heavy (non-hydrogen) atoms. The fourth-order valence-corrected chi connectivity index (χ4v) is 2.64. The van der Waals surface area contributed by atoms with Crippen LogP contribution >= 0.6 is 0 Å². The summed E-state index contributed by atoms with van der Waals surface area (Å²) in [7, 11) is 0. The van der Waals surface area contributed by atoms with Gasteiger partial charge in [0.2, 0.25) is 0 Å². The van der Waals surface area contributed by atoms with Gasteiger partial charge in [-0.3, -0.25) is 9.59 Å². The number of amides is 2. The lowest BCUT2D eigenvalue weighted by Gasteiger charge is -2.23. The highest BCUT2D eigenvalue weighted by Crippen LogP contribution is 2.27. The van der Waals surface area contributed by atoms with Crippen LogP contribution in [0.1, 0.15) is 16.7 Å². The lowest BCUT2D eigenvalue weighted by molar-refractivity contribution is -0.169. The van der Waals surface area contributed by atoms with Crippen molar-refractivity contribution >= 4 is 35.1 Å². The zero-order valence-corrected chi connectivity index (χ0v) is 15.6. The van der Waals surface area contributed by atoms with E-state index in [1.165, 1.54) is 12.1 Å². The van der Waals surface area contributed by atoms with Crippen LogP contribution in [0.4, 0.5) is 11.4 Å². The Morgan fingerprint density at radius 3 is 1.79 bits per heavy atom. The van der Waals surface area contributed by atoms with Gasteiger partial charge in [0.15, 0.2) is 0 Å². The van der Waals surface area contributed by atoms with Crippen molar-refractivity contribution in [1.29, 1.82) is 0 Å². The zero-order valence-electron chi connectivity index (χ0n) is 15.6. The molecule has 0 spiro atoms. The molecule has 0 saturated carbocycles. The third-order valence-corrected chi connectivity index (χ3v) is 4.44. The predicted molar refractivity (Wildman–Crippen MR) is 102 cm³/mol. The van der Waals surface area contributed by atoms with Crippen LogP contribution in [0.25, 0.3) is 0 Å². The van der Waals surface area contributed by atoms with Gasteiger partial charge in [0.1, 0.15) is 0 Å². The Morgan fingerprint density at radius 2 is 1.25 bits per heavy atom. The Kier molecular flexibility index (Phi) is 5.83. The average Bonchev–Trinajstić information content (AvgIpc) is 2.60. The van der Waals surface area contributed by atoms with Gasteiger partial charge in [-0.15, -0.1) is 0 Å². The second-order valence-corrected chi connectivity index (χ2v) is 6.39. The average molecular weight is 384 g/mol. The lowest BCUT2D eigenvalue weighted by atomic mass is 9.85. The molecule has 0 unspecified atom stereocenters. The number of aryl methyl sites for hydroxylation is 3. The molecule has 0 heterocycles. The molecule has 0 radical (unpaired) electrons. The van der Waals surface area contributed by atoms with E-state index in [4.69, 9.17) is 0 Å². The number of benzene rings is 2. The molecule has 146 valence electrons. The van der Waals surface area contributed by atoms with E-state index < -0.39 is 29.2 Å².